The normalized spacial score (nSPS) is 11.2. The Balaban J connectivity index is 0.00000105. The fraction of sp³-hybridized carbons (Fsp3) is 0.469. The van der Waals surface area contributed by atoms with Crippen LogP contribution < -0.4 is 28.6 Å². The van der Waals surface area contributed by atoms with Crippen molar-refractivity contribution >= 4 is 97.7 Å². The Morgan fingerprint density at radius 3 is 1.05 bits per heavy atom. The van der Waals surface area contributed by atoms with E-state index in [1.807, 2.05) is 62.4 Å². The molecule has 0 atom stereocenters. The van der Waals surface area contributed by atoms with Crippen LogP contribution in [0.1, 0.15) is 143 Å². The van der Waals surface area contributed by atoms with Crippen molar-refractivity contribution in [2.45, 2.75) is 144 Å². The van der Waals surface area contributed by atoms with E-state index in [1.165, 1.54) is 0 Å². The standard InChI is InChI=1S/C24H33NO3.C23H31NO3.C2H6.I3.I2/c1-23(2,3)19-14-16(15-20(22(19)27)24(4,5)6)8-13-21(26)25-17-9-11-18(28-7)12-10-17;1-22(2,3)18-13-15(14-19(21(18)27)23(4,5)6)7-12-20(26)24-16-8-10-17(25)11-9-16;1-2;1-3-2;1-2/h9-12,14-15,27H,8,13H2,1-7H3,(H,25,26);8-11,13-14,25,27H,7,12H2,1-6H3,(H,24,26);1-2H3;;/q;;;-1;. The topological polar surface area (TPSA) is 128 Å². The van der Waals surface area contributed by atoms with Crippen molar-refractivity contribution in [3.63, 3.8) is 0 Å². The summed E-state index contributed by atoms with van der Waals surface area (Å²) in [5.74, 6) is 1.53. The summed E-state index contributed by atoms with van der Waals surface area (Å²) in [4.78, 5) is 24.7. The molecule has 0 saturated heterocycles. The Morgan fingerprint density at radius 2 is 0.806 bits per heavy atom. The third-order valence-corrected chi connectivity index (χ3v) is 9.38. The van der Waals surface area contributed by atoms with E-state index < -0.39 is 0 Å². The van der Waals surface area contributed by atoms with E-state index in [-0.39, 0.29) is 39.2 Å². The van der Waals surface area contributed by atoms with Crippen LogP contribution >= 0.6 is 74.5 Å². The number of phenolic OH excluding ortho intramolecular Hbond substituents is 3. The van der Waals surface area contributed by atoms with E-state index in [1.54, 1.807) is 31.4 Å². The van der Waals surface area contributed by atoms with E-state index in [0.29, 0.717) is 56.1 Å². The first-order chi connectivity index (χ1) is 28.7. The molecule has 0 aliphatic heterocycles. The number of ether oxygens (including phenoxy) is 1. The first-order valence-corrected chi connectivity index (χ1v) is 39.3. The van der Waals surface area contributed by atoms with Crippen LogP contribution in [0.15, 0.2) is 72.8 Å². The number of anilines is 2. The molecule has 0 radical (unpaired) electrons. The summed E-state index contributed by atoms with van der Waals surface area (Å²) in [6, 6.07) is 21.8. The molecule has 2 amide bonds. The molecule has 0 saturated carbocycles. The predicted molar refractivity (Wildman–Crippen MR) is 293 cm³/mol. The third-order valence-electron chi connectivity index (χ3n) is 9.38. The summed E-state index contributed by atoms with van der Waals surface area (Å²) in [6.45, 7) is 29.0. The fourth-order valence-corrected chi connectivity index (χ4v) is 6.15. The first-order valence-electron chi connectivity index (χ1n) is 20.5. The molecule has 0 bridgehead atoms. The van der Waals surface area contributed by atoms with Gasteiger partial charge in [-0.05, 0) is 116 Å². The number of aryl methyl sites for hydroxylation is 2. The first kappa shape index (κ1) is 60.7. The molecule has 0 aliphatic rings. The molecule has 4 rings (SSSR count). The van der Waals surface area contributed by atoms with Gasteiger partial charge < -0.3 is 30.7 Å². The number of carbonyl (C=O) groups is 2. The maximum atomic E-state index is 12.4. The van der Waals surface area contributed by atoms with Crippen LogP contribution in [0.2, 0.25) is 0 Å². The van der Waals surface area contributed by atoms with Crippen LogP contribution in [-0.2, 0) is 44.1 Å². The molecular weight excluding hydrogens is 1350 g/mol. The number of aromatic hydroxyl groups is 3. The molecular formula is C49H70I5N2O6-. The van der Waals surface area contributed by atoms with Crippen LogP contribution in [0.4, 0.5) is 11.4 Å². The zero-order valence-corrected chi connectivity index (χ0v) is 50.0. The number of methoxy groups -OCH3 is 1. The van der Waals surface area contributed by atoms with Gasteiger partial charge in [0.1, 0.15) is 23.0 Å². The summed E-state index contributed by atoms with van der Waals surface area (Å²) in [5, 5.41) is 36.7. The molecule has 0 aromatic heterocycles. The molecule has 4 aromatic rings. The van der Waals surface area contributed by atoms with Gasteiger partial charge in [0.05, 0.1) is 7.11 Å². The van der Waals surface area contributed by atoms with E-state index in [2.05, 4.69) is 168 Å². The predicted octanol–water partition coefficient (Wildman–Crippen LogP) is 12.4. The number of amides is 2. The van der Waals surface area contributed by atoms with Gasteiger partial charge >= 0.3 is 50.5 Å². The molecule has 5 N–H and O–H groups in total. The van der Waals surface area contributed by atoms with Gasteiger partial charge in [0, 0.05) is 61.4 Å². The number of hydrogen-bond acceptors (Lipinski definition) is 6. The zero-order valence-electron chi connectivity index (χ0n) is 39.2. The van der Waals surface area contributed by atoms with Crippen molar-refractivity contribution < 1.29 is 42.9 Å². The van der Waals surface area contributed by atoms with E-state index in [0.717, 1.165) is 44.8 Å². The molecule has 0 unspecified atom stereocenters. The Bertz CT molecular complexity index is 1890. The number of nitrogens with one attached hydrogen (secondary N) is 2. The second kappa shape index (κ2) is 28.7. The molecule has 0 aliphatic carbocycles. The second-order valence-corrected chi connectivity index (χ2v) is 34.8. The quantitative estimate of drug-likeness (QED) is 0.0839. The summed E-state index contributed by atoms with van der Waals surface area (Å²) in [5.41, 5.74) is 6.46. The van der Waals surface area contributed by atoms with Gasteiger partial charge in [0.2, 0.25) is 11.8 Å². The average molecular weight is 1420 g/mol. The van der Waals surface area contributed by atoms with Crippen LogP contribution in [0, 0.1) is 0 Å². The van der Waals surface area contributed by atoms with Gasteiger partial charge in [0.25, 0.3) is 0 Å². The zero-order chi connectivity index (χ0) is 48.2. The minimum atomic E-state index is -0.186. The van der Waals surface area contributed by atoms with Crippen molar-refractivity contribution in [3.05, 3.63) is 106 Å². The molecule has 13 heteroatoms. The molecule has 0 spiro atoms. The molecule has 8 nitrogen and oxygen atoms in total. The van der Waals surface area contributed by atoms with Gasteiger partial charge in [-0.3, -0.25) is 9.59 Å². The Labute approximate surface area is 426 Å². The van der Waals surface area contributed by atoms with Gasteiger partial charge in [0.15, 0.2) is 0 Å². The van der Waals surface area contributed by atoms with Crippen LogP contribution in [0.5, 0.6) is 23.0 Å². The van der Waals surface area contributed by atoms with Gasteiger partial charge in [-0.25, -0.2) is 0 Å². The van der Waals surface area contributed by atoms with Gasteiger partial charge in [-0.15, -0.1) is 0 Å². The molecule has 62 heavy (non-hydrogen) atoms. The Kier molecular flexibility index (Phi) is 28.0. The number of carbonyl (C=O) groups excluding carboxylic acids is 2. The third kappa shape index (κ3) is 21.8. The van der Waals surface area contributed by atoms with Crippen LogP contribution in [0.3, 0.4) is 0 Å². The average Bonchev–Trinajstić information content (AvgIpc) is 3.18. The Hall–Kier alpha value is -1.33. The van der Waals surface area contributed by atoms with Gasteiger partial charge in [-0.1, -0.05) is 121 Å². The van der Waals surface area contributed by atoms with Crippen molar-refractivity contribution in [2.24, 2.45) is 0 Å². The maximum absolute atomic E-state index is 12.4. The van der Waals surface area contributed by atoms with E-state index in [4.69, 9.17) is 4.74 Å². The monoisotopic (exact) mass is 1420 g/mol. The molecule has 0 fully saturated rings. The number of phenols is 3. The SMILES string of the molecule is CC.CC(C)(C)c1cc(CCC(=O)Nc2ccc(O)cc2)cc(C(C)(C)C)c1O.COc1ccc(NC(=O)CCc2cc(C(C)(C)C)c(O)c(C(C)(C)C)c2)cc1.II.I[I-]I. The van der Waals surface area contributed by atoms with Crippen molar-refractivity contribution in [1.82, 2.24) is 0 Å². The molecule has 4 aromatic carbocycles. The molecule has 0 heterocycles. The number of rotatable bonds is 9. The van der Waals surface area contributed by atoms with Crippen molar-refractivity contribution in [1.29, 1.82) is 0 Å². The molecule has 348 valence electrons. The van der Waals surface area contributed by atoms with E-state index in [9.17, 15) is 24.9 Å². The van der Waals surface area contributed by atoms with Crippen LogP contribution in [0.25, 0.3) is 0 Å². The summed E-state index contributed by atoms with van der Waals surface area (Å²) in [7, 11) is 1.61. The van der Waals surface area contributed by atoms with Crippen molar-refractivity contribution in [2.75, 3.05) is 17.7 Å². The summed E-state index contributed by atoms with van der Waals surface area (Å²) >= 11 is 9.54. The second-order valence-electron chi connectivity index (χ2n) is 18.5. The summed E-state index contributed by atoms with van der Waals surface area (Å²) in [6.07, 6.45) is 1.94. The minimum absolute atomic E-state index is 0.0344. The summed E-state index contributed by atoms with van der Waals surface area (Å²) < 4.78 is 5.13. The number of halogens is 5. The van der Waals surface area contributed by atoms with Crippen LogP contribution in [-0.4, -0.2) is 34.2 Å². The van der Waals surface area contributed by atoms with Crippen molar-refractivity contribution in [3.8, 4) is 23.0 Å². The number of hydrogen-bond donors (Lipinski definition) is 5. The van der Waals surface area contributed by atoms with Gasteiger partial charge in [-0.2, -0.15) is 0 Å². The van der Waals surface area contributed by atoms with E-state index >= 15 is 0 Å². The Morgan fingerprint density at radius 1 is 0.548 bits per heavy atom. The fourth-order valence-electron chi connectivity index (χ4n) is 6.15. The number of benzene rings is 4.